The van der Waals surface area contributed by atoms with Crippen molar-refractivity contribution < 1.29 is 10.1 Å². The molecular formula is C8H7Cl2N5O3. The van der Waals surface area contributed by atoms with Gasteiger partial charge in [0.05, 0.1) is 16.7 Å². The molecule has 10 heteroatoms. The van der Waals surface area contributed by atoms with E-state index in [4.69, 9.17) is 34.1 Å². The fourth-order valence-electron chi connectivity index (χ4n) is 1.05. The first-order chi connectivity index (χ1) is 8.45. The Labute approximate surface area is 111 Å². The van der Waals surface area contributed by atoms with Gasteiger partial charge in [0.1, 0.15) is 5.02 Å². The molecule has 4 N–H and O–H groups in total. The number of nitro benzene ring substituents is 1. The van der Waals surface area contributed by atoms with Crippen molar-refractivity contribution in [2.45, 2.75) is 0 Å². The second kappa shape index (κ2) is 6.15. The summed E-state index contributed by atoms with van der Waals surface area (Å²) in [4.78, 5) is 10.1. The van der Waals surface area contributed by atoms with Crippen molar-refractivity contribution in [1.82, 2.24) is 5.48 Å². The zero-order valence-corrected chi connectivity index (χ0v) is 10.2. The summed E-state index contributed by atoms with van der Waals surface area (Å²) in [7, 11) is 0. The number of nitro groups is 1. The van der Waals surface area contributed by atoms with Crippen LogP contribution in [0.2, 0.25) is 10.0 Å². The minimum absolute atomic E-state index is 0.0620. The zero-order chi connectivity index (χ0) is 13.7. The maximum absolute atomic E-state index is 10.8. The summed E-state index contributed by atoms with van der Waals surface area (Å²) in [6, 6.07) is 2.54. The van der Waals surface area contributed by atoms with Gasteiger partial charge in [-0.25, -0.2) is 5.48 Å². The Morgan fingerprint density at radius 3 is 2.78 bits per heavy atom. The molecule has 18 heavy (non-hydrogen) atoms. The molecule has 0 spiro atoms. The number of nitrogens with two attached hydrogens (primary N) is 1. The molecule has 1 aromatic carbocycles. The molecule has 1 rings (SSSR count). The number of benzene rings is 1. The molecule has 0 aliphatic carbocycles. The fraction of sp³-hybridized carbons (Fsp3) is 0. The largest absolute Gasteiger partial charge is 0.367 e. The van der Waals surface area contributed by atoms with Crippen molar-refractivity contribution in [3.63, 3.8) is 0 Å². The minimum Gasteiger partial charge on any atom is -0.367 e. The van der Waals surface area contributed by atoms with Crippen LogP contribution < -0.4 is 11.2 Å². The number of hydroxylamine groups is 1. The van der Waals surface area contributed by atoms with Crippen molar-refractivity contribution in [3.8, 4) is 0 Å². The van der Waals surface area contributed by atoms with Gasteiger partial charge in [0.2, 0.25) is 5.96 Å². The van der Waals surface area contributed by atoms with Gasteiger partial charge in [-0.1, -0.05) is 23.2 Å². The lowest BCUT2D eigenvalue weighted by Crippen LogP contribution is -2.27. The summed E-state index contributed by atoms with van der Waals surface area (Å²) in [5.41, 5.74) is 6.33. The average molecular weight is 292 g/mol. The number of nitrogens with one attached hydrogen (secondary N) is 1. The van der Waals surface area contributed by atoms with E-state index in [1.165, 1.54) is 17.6 Å². The quantitative estimate of drug-likeness (QED) is 0.337. The number of halogens is 2. The third-order valence-corrected chi connectivity index (χ3v) is 2.22. The van der Waals surface area contributed by atoms with Gasteiger partial charge < -0.3 is 5.73 Å². The topological polar surface area (TPSA) is 126 Å². The van der Waals surface area contributed by atoms with Crippen molar-refractivity contribution in [1.29, 1.82) is 0 Å². The molecule has 96 valence electrons. The van der Waals surface area contributed by atoms with E-state index in [0.717, 1.165) is 6.21 Å². The monoisotopic (exact) mass is 291 g/mol. The summed E-state index contributed by atoms with van der Waals surface area (Å²) in [5.74, 6) is -0.373. The summed E-state index contributed by atoms with van der Waals surface area (Å²) in [6.45, 7) is 0. The van der Waals surface area contributed by atoms with E-state index < -0.39 is 4.92 Å². The van der Waals surface area contributed by atoms with Crippen LogP contribution in [0.25, 0.3) is 0 Å². The van der Waals surface area contributed by atoms with E-state index in [0.29, 0.717) is 0 Å². The number of hydrogen-bond donors (Lipinski definition) is 3. The Morgan fingerprint density at radius 2 is 2.22 bits per heavy atom. The van der Waals surface area contributed by atoms with Crippen molar-refractivity contribution in [3.05, 3.63) is 37.9 Å². The van der Waals surface area contributed by atoms with Crippen LogP contribution >= 0.6 is 23.2 Å². The molecule has 0 aliphatic heterocycles. The molecule has 0 heterocycles. The van der Waals surface area contributed by atoms with Gasteiger partial charge in [-0.15, -0.1) is 5.10 Å². The van der Waals surface area contributed by atoms with Crippen molar-refractivity contribution >= 4 is 41.1 Å². The Bertz CT molecular complexity index is 532. The molecule has 0 radical (unpaired) electrons. The maximum Gasteiger partial charge on any atom is 0.296 e. The fourth-order valence-corrected chi connectivity index (χ4v) is 1.63. The number of rotatable bonds is 3. The van der Waals surface area contributed by atoms with Crippen molar-refractivity contribution in [2.75, 3.05) is 0 Å². The van der Waals surface area contributed by atoms with Crippen LogP contribution in [0.5, 0.6) is 0 Å². The highest BCUT2D eigenvalue weighted by Crippen LogP contribution is 2.30. The molecule has 0 unspecified atom stereocenters. The standard InChI is InChI=1S/C8H7Cl2N5O3/c9-5-1-4(3-12-13-8(11)14-16)7(15(17)18)6(10)2-5/h1-3,16H,(H3,11,13,14)/b12-3+. The molecular weight excluding hydrogens is 285 g/mol. The molecule has 8 nitrogen and oxygen atoms in total. The first-order valence-electron chi connectivity index (χ1n) is 4.35. The summed E-state index contributed by atoms with van der Waals surface area (Å²) in [6.07, 6.45) is 1.04. The Kier molecular flexibility index (Phi) is 4.84. The molecule has 0 bridgehead atoms. The predicted molar refractivity (Wildman–Crippen MR) is 67.3 cm³/mol. The van der Waals surface area contributed by atoms with Gasteiger partial charge >= 0.3 is 0 Å². The lowest BCUT2D eigenvalue weighted by molar-refractivity contribution is -0.384. The smallest absolute Gasteiger partial charge is 0.296 e. The molecule has 0 amide bonds. The third-order valence-electron chi connectivity index (χ3n) is 1.72. The van der Waals surface area contributed by atoms with Gasteiger partial charge in [-0.2, -0.15) is 5.10 Å². The lowest BCUT2D eigenvalue weighted by atomic mass is 10.2. The van der Waals surface area contributed by atoms with E-state index in [2.05, 4.69) is 10.2 Å². The van der Waals surface area contributed by atoms with Crippen LogP contribution in [0.4, 0.5) is 5.69 Å². The highest BCUT2D eigenvalue weighted by molar-refractivity contribution is 6.36. The van der Waals surface area contributed by atoms with Crippen LogP contribution in [0.1, 0.15) is 5.56 Å². The van der Waals surface area contributed by atoms with E-state index in [1.807, 2.05) is 0 Å². The van der Waals surface area contributed by atoms with Crippen LogP contribution in [0.3, 0.4) is 0 Å². The Morgan fingerprint density at radius 1 is 1.56 bits per heavy atom. The molecule has 0 saturated carbocycles. The van der Waals surface area contributed by atoms with Gasteiger partial charge in [0.25, 0.3) is 5.69 Å². The van der Waals surface area contributed by atoms with Crippen LogP contribution in [-0.4, -0.2) is 22.3 Å². The maximum atomic E-state index is 10.8. The molecule has 0 fully saturated rings. The van der Waals surface area contributed by atoms with Crippen LogP contribution in [0, 0.1) is 10.1 Å². The van der Waals surface area contributed by atoms with Gasteiger partial charge in [0.15, 0.2) is 0 Å². The molecule has 0 saturated heterocycles. The van der Waals surface area contributed by atoms with Gasteiger partial charge in [0, 0.05) is 5.02 Å². The van der Waals surface area contributed by atoms with E-state index in [9.17, 15) is 10.1 Å². The van der Waals surface area contributed by atoms with Crippen LogP contribution in [0.15, 0.2) is 22.3 Å². The SMILES string of the molecule is N/C(=N\N=C\c1cc(Cl)cc(Cl)c1[N+](=O)[O-])NO. The second-order valence-electron chi connectivity index (χ2n) is 2.92. The molecule has 1 aromatic rings. The first kappa shape index (κ1) is 14.2. The number of hydrogen-bond acceptors (Lipinski definition) is 5. The lowest BCUT2D eigenvalue weighted by Gasteiger charge is -2.00. The average Bonchev–Trinajstić information content (AvgIpc) is 2.27. The summed E-state index contributed by atoms with van der Waals surface area (Å²) < 4.78 is 0. The highest BCUT2D eigenvalue weighted by atomic mass is 35.5. The third kappa shape index (κ3) is 3.55. The van der Waals surface area contributed by atoms with E-state index in [1.54, 1.807) is 0 Å². The zero-order valence-electron chi connectivity index (χ0n) is 8.67. The van der Waals surface area contributed by atoms with E-state index in [-0.39, 0.29) is 27.3 Å². The molecule has 0 atom stereocenters. The minimum atomic E-state index is -0.669. The van der Waals surface area contributed by atoms with Gasteiger partial charge in [-0.05, 0) is 12.1 Å². The normalized spacial score (nSPS) is 11.8. The Balaban J connectivity index is 3.19. The van der Waals surface area contributed by atoms with E-state index >= 15 is 0 Å². The first-order valence-corrected chi connectivity index (χ1v) is 5.11. The summed E-state index contributed by atoms with van der Waals surface area (Å²) >= 11 is 11.4. The molecule has 0 aliphatic rings. The number of nitrogens with zero attached hydrogens (tertiary/aromatic N) is 3. The van der Waals surface area contributed by atoms with Gasteiger partial charge in [-0.3, -0.25) is 15.3 Å². The summed E-state index contributed by atoms with van der Waals surface area (Å²) in [5, 5.41) is 26.0. The highest BCUT2D eigenvalue weighted by Gasteiger charge is 2.18. The number of guanidine groups is 1. The van der Waals surface area contributed by atoms with Crippen molar-refractivity contribution in [2.24, 2.45) is 15.9 Å². The van der Waals surface area contributed by atoms with Crippen LogP contribution in [-0.2, 0) is 0 Å². The Hall–Kier alpha value is -1.90. The predicted octanol–water partition coefficient (Wildman–Crippen LogP) is 1.53. The molecule has 0 aromatic heterocycles. The second-order valence-corrected chi connectivity index (χ2v) is 3.77.